The Morgan fingerprint density at radius 3 is 2.16 bits per heavy atom. The summed E-state index contributed by atoms with van der Waals surface area (Å²) in [7, 11) is 1.19. The molecule has 3 aliphatic heterocycles. The van der Waals surface area contributed by atoms with Crippen molar-refractivity contribution < 1.29 is 38.2 Å². The highest BCUT2D eigenvalue weighted by atomic mass is 16.6. The molecular weight excluding hydrogens is 480 g/mol. The maximum atomic E-state index is 14.1. The van der Waals surface area contributed by atoms with Crippen LogP contribution in [0.15, 0.2) is 60.7 Å². The Labute approximate surface area is 213 Å². The zero-order chi connectivity index (χ0) is 26.5. The lowest BCUT2D eigenvalue weighted by molar-refractivity contribution is -0.176. The van der Waals surface area contributed by atoms with Crippen LogP contribution in [0.1, 0.15) is 19.4 Å². The highest BCUT2D eigenvalue weighted by Crippen LogP contribution is 2.60. The van der Waals surface area contributed by atoms with E-state index in [1.165, 1.54) is 14.0 Å². The normalized spacial score (nSPS) is 28.9. The SMILES string of the molecule is CCOC(=O)[C@]12O[C@](C)([C@@H]3C(=O)N(c4ccccc4)C(=O)[C@@H]31)N([C@@H](Cc1ccccc1)C(=O)OC)C2=O. The average molecular weight is 507 g/mol. The lowest BCUT2D eigenvalue weighted by Crippen LogP contribution is -2.65. The molecule has 2 bridgehead atoms. The molecule has 3 fully saturated rings. The summed E-state index contributed by atoms with van der Waals surface area (Å²) in [4.78, 5) is 70.1. The molecule has 0 aromatic heterocycles. The Hall–Kier alpha value is -4.05. The number of hydrogen-bond acceptors (Lipinski definition) is 8. The summed E-state index contributed by atoms with van der Waals surface area (Å²) in [5.74, 6) is -6.77. The number of amides is 3. The molecule has 3 amide bonds. The van der Waals surface area contributed by atoms with E-state index in [-0.39, 0.29) is 13.0 Å². The second kappa shape index (κ2) is 8.81. The van der Waals surface area contributed by atoms with Gasteiger partial charge in [0.15, 0.2) is 5.72 Å². The number of likely N-dealkylation sites (tertiary alicyclic amines) is 1. The van der Waals surface area contributed by atoms with E-state index >= 15 is 0 Å². The van der Waals surface area contributed by atoms with Crippen molar-refractivity contribution >= 4 is 35.3 Å². The second-order valence-corrected chi connectivity index (χ2v) is 9.32. The number of esters is 2. The van der Waals surface area contributed by atoms with Crippen molar-refractivity contribution in [3.8, 4) is 0 Å². The number of anilines is 1. The van der Waals surface area contributed by atoms with E-state index in [0.29, 0.717) is 5.69 Å². The smallest absolute Gasteiger partial charge is 0.349 e. The minimum absolute atomic E-state index is 0.0407. The number of carbonyl (C=O) groups is 5. The van der Waals surface area contributed by atoms with Crippen molar-refractivity contribution in [1.29, 1.82) is 0 Å². The van der Waals surface area contributed by atoms with Gasteiger partial charge in [0.1, 0.15) is 17.9 Å². The predicted molar refractivity (Wildman–Crippen MR) is 128 cm³/mol. The lowest BCUT2D eigenvalue weighted by Gasteiger charge is -2.42. The largest absolute Gasteiger partial charge is 0.467 e. The van der Waals surface area contributed by atoms with E-state index in [4.69, 9.17) is 14.2 Å². The van der Waals surface area contributed by atoms with E-state index in [9.17, 15) is 24.0 Å². The molecule has 10 nitrogen and oxygen atoms in total. The fraction of sp³-hybridized carbons (Fsp3) is 0.370. The highest BCUT2D eigenvalue weighted by molar-refractivity contribution is 6.28. The number of methoxy groups -OCH3 is 1. The van der Waals surface area contributed by atoms with Gasteiger partial charge in [0.25, 0.3) is 11.5 Å². The number of piperidine rings is 1. The third-order valence-electron chi connectivity index (χ3n) is 7.35. The molecule has 0 aliphatic carbocycles. The summed E-state index contributed by atoms with van der Waals surface area (Å²) in [5, 5.41) is 0. The number of rotatable bonds is 7. The van der Waals surface area contributed by atoms with Gasteiger partial charge < -0.3 is 14.2 Å². The van der Waals surface area contributed by atoms with Crippen LogP contribution in [0.2, 0.25) is 0 Å². The summed E-state index contributed by atoms with van der Waals surface area (Å²) < 4.78 is 16.4. The molecular formula is C27H26N2O8. The van der Waals surface area contributed by atoms with Crippen LogP contribution in [0.5, 0.6) is 0 Å². The average Bonchev–Trinajstić information content (AvgIpc) is 3.44. The van der Waals surface area contributed by atoms with Gasteiger partial charge in [0.2, 0.25) is 11.8 Å². The van der Waals surface area contributed by atoms with E-state index in [0.717, 1.165) is 15.4 Å². The molecule has 0 unspecified atom stereocenters. The Kier molecular flexibility index (Phi) is 5.86. The van der Waals surface area contributed by atoms with Crippen LogP contribution in [-0.4, -0.2) is 65.6 Å². The van der Waals surface area contributed by atoms with Crippen molar-refractivity contribution in [2.24, 2.45) is 11.8 Å². The van der Waals surface area contributed by atoms with Gasteiger partial charge in [-0.25, -0.2) is 14.5 Å². The molecule has 2 aromatic carbocycles. The second-order valence-electron chi connectivity index (χ2n) is 9.32. The van der Waals surface area contributed by atoms with Crippen LogP contribution in [0, 0.1) is 11.8 Å². The molecule has 5 atom stereocenters. The van der Waals surface area contributed by atoms with Gasteiger partial charge in [-0.1, -0.05) is 48.5 Å². The number of nitrogens with zero attached hydrogens (tertiary/aromatic N) is 2. The third-order valence-corrected chi connectivity index (χ3v) is 7.35. The summed E-state index contributed by atoms with van der Waals surface area (Å²) in [6, 6.07) is 16.0. The van der Waals surface area contributed by atoms with Gasteiger partial charge in [0.05, 0.1) is 19.4 Å². The minimum atomic E-state index is -2.41. The van der Waals surface area contributed by atoms with Crippen LogP contribution in [0.4, 0.5) is 5.69 Å². The Morgan fingerprint density at radius 2 is 1.57 bits per heavy atom. The van der Waals surface area contributed by atoms with Crippen molar-refractivity contribution in [3.05, 3.63) is 66.2 Å². The molecule has 10 heteroatoms. The van der Waals surface area contributed by atoms with Gasteiger partial charge in [0, 0.05) is 6.42 Å². The third kappa shape index (κ3) is 3.32. The van der Waals surface area contributed by atoms with E-state index < -0.39 is 58.9 Å². The quantitative estimate of drug-likeness (QED) is 0.315. The zero-order valence-electron chi connectivity index (χ0n) is 20.6. The van der Waals surface area contributed by atoms with E-state index in [1.54, 1.807) is 61.5 Å². The zero-order valence-corrected chi connectivity index (χ0v) is 20.6. The van der Waals surface area contributed by atoms with E-state index in [1.807, 2.05) is 6.07 Å². The summed E-state index contributed by atoms with van der Waals surface area (Å²) in [6.07, 6.45) is 0.0407. The van der Waals surface area contributed by atoms with Crippen molar-refractivity contribution in [1.82, 2.24) is 4.90 Å². The number of para-hydroxylation sites is 1. The molecule has 192 valence electrons. The number of ether oxygens (including phenoxy) is 3. The van der Waals surface area contributed by atoms with Gasteiger partial charge in [-0.15, -0.1) is 0 Å². The van der Waals surface area contributed by atoms with E-state index in [2.05, 4.69) is 0 Å². The number of hydrogen-bond donors (Lipinski definition) is 0. The Morgan fingerprint density at radius 1 is 0.973 bits per heavy atom. The first-order valence-corrected chi connectivity index (χ1v) is 12.0. The molecule has 37 heavy (non-hydrogen) atoms. The standard InChI is InChI=1S/C27H26N2O8/c1-4-36-25(34)27-20-19(21(30)28(22(20)31)17-13-9-6-10-14-17)26(2,37-27)29(24(27)33)18(23(32)35-3)15-16-11-7-5-8-12-16/h5-14,18-20H,4,15H2,1-3H3/t18-,19-,20+,26+,27-/m0/s1. The summed E-state index contributed by atoms with van der Waals surface area (Å²) in [6.45, 7) is 2.93. The molecule has 2 aromatic rings. The van der Waals surface area contributed by atoms with Gasteiger partial charge in [-0.05, 0) is 31.5 Å². The van der Waals surface area contributed by atoms with Gasteiger partial charge in [-0.2, -0.15) is 0 Å². The summed E-state index contributed by atoms with van der Waals surface area (Å²) >= 11 is 0. The van der Waals surface area contributed by atoms with Crippen molar-refractivity contribution in [2.75, 3.05) is 18.6 Å². The minimum Gasteiger partial charge on any atom is -0.467 e. The van der Waals surface area contributed by atoms with Crippen LogP contribution in [0.25, 0.3) is 0 Å². The molecule has 3 heterocycles. The topological polar surface area (TPSA) is 120 Å². The highest BCUT2D eigenvalue weighted by Gasteiger charge is 2.85. The first kappa shape index (κ1) is 24.6. The predicted octanol–water partition coefficient (Wildman–Crippen LogP) is 1.47. The monoisotopic (exact) mass is 506 g/mol. The van der Waals surface area contributed by atoms with Gasteiger partial charge in [-0.3, -0.25) is 19.3 Å². The van der Waals surface area contributed by atoms with Crippen LogP contribution in [-0.2, 0) is 44.6 Å². The number of carbonyl (C=O) groups excluding carboxylic acids is 5. The van der Waals surface area contributed by atoms with Crippen molar-refractivity contribution in [3.63, 3.8) is 0 Å². The molecule has 0 N–H and O–H groups in total. The summed E-state index contributed by atoms with van der Waals surface area (Å²) in [5.41, 5.74) is -3.17. The molecule has 0 radical (unpaired) electrons. The molecule has 5 rings (SSSR count). The Bertz CT molecular complexity index is 1280. The lowest BCUT2D eigenvalue weighted by atomic mass is 9.73. The molecule has 3 saturated heterocycles. The molecule has 0 spiro atoms. The van der Waals surface area contributed by atoms with Crippen LogP contribution >= 0.6 is 0 Å². The first-order valence-electron chi connectivity index (χ1n) is 12.0. The van der Waals surface area contributed by atoms with Crippen molar-refractivity contribution in [2.45, 2.75) is 37.6 Å². The number of benzene rings is 2. The van der Waals surface area contributed by atoms with Crippen LogP contribution < -0.4 is 4.90 Å². The number of imide groups is 1. The number of fused-ring (bicyclic) bond motifs is 5. The fourth-order valence-electron chi connectivity index (χ4n) is 5.86. The maximum absolute atomic E-state index is 14.1. The van der Waals surface area contributed by atoms with Gasteiger partial charge >= 0.3 is 11.9 Å². The maximum Gasteiger partial charge on any atom is 0.349 e. The first-order chi connectivity index (χ1) is 17.7. The molecule has 0 saturated carbocycles. The van der Waals surface area contributed by atoms with Crippen LogP contribution in [0.3, 0.4) is 0 Å². The fourth-order valence-corrected chi connectivity index (χ4v) is 5.86. The Balaban J connectivity index is 1.65. The molecule has 3 aliphatic rings.